The Kier molecular flexibility index (Phi) is 5.12. The lowest BCUT2D eigenvalue weighted by Crippen LogP contribution is -2.22. The average Bonchev–Trinajstić information content (AvgIpc) is 2.38. The lowest BCUT2D eigenvalue weighted by molar-refractivity contribution is -0.162. The van der Waals surface area contributed by atoms with Crippen LogP contribution < -0.4 is 4.74 Å². The van der Waals surface area contributed by atoms with Gasteiger partial charge in [-0.15, -0.1) is 0 Å². The zero-order valence-electron chi connectivity index (χ0n) is 10.2. The Hall–Kier alpha value is -1.59. The van der Waals surface area contributed by atoms with E-state index >= 15 is 0 Å². The normalized spacial score (nSPS) is 10.7. The summed E-state index contributed by atoms with van der Waals surface area (Å²) in [5.41, 5.74) is 0.502. The molecule has 98 valence electrons. The predicted octanol–water partition coefficient (Wildman–Crippen LogP) is 2.52. The largest absolute Gasteiger partial charge is 0.496 e. The van der Waals surface area contributed by atoms with E-state index in [4.69, 9.17) is 21.2 Å². The smallest absolute Gasteiger partial charge is 0.269 e. The Labute approximate surface area is 110 Å². The fraction of sp³-hybridized carbons (Fsp3) is 0.250. The van der Waals surface area contributed by atoms with Crippen molar-refractivity contribution in [3.05, 3.63) is 34.6 Å². The summed E-state index contributed by atoms with van der Waals surface area (Å²) in [5, 5.41) is 1.01. The van der Waals surface area contributed by atoms with Crippen LogP contribution >= 0.6 is 11.6 Å². The molecule has 4 nitrogen and oxygen atoms in total. The second-order valence-electron chi connectivity index (χ2n) is 3.36. The van der Waals surface area contributed by atoms with Crippen molar-refractivity contribution < 1.29 is 18.8 Å². The van der Waals surface area contributed by atoms with Crippen molar-refractivity contribution in [1.29, 1.82) is 0 Å². The third-order valence-corrected chi connectivity index (χ3v) is 2.55. The molecule has 0 saturated carbocycles. The number of carbonyl (C=O) groups is 1. The van der Waals surface area contributed by atoms with Gasteiger partial charge in [0, 0.05) is 24.8 Å². The maximum Gasteiger partial charge on any atom is 0.269 e. The van der Waals surface area contributed by atoms with Crippen LogP contribution in [-0.4, -0.2) is 32.2 Å². The van der Waals surface area contributed by atoms with Crippen LogP contribution in [0.1, 0.15) is 5.56 Å². The van der Waals surface area contributed by atoms with Crippen LogP contribution in [0.15, 0.2) is 18.2 Å². The predicted molar refractivity (Wildman–Crippen MR) is 66.8 cm³/mol. The maximum atomic E-state index is 13.2. The van der Waals surface area contributed by atoms with Gasteiger partial charge in [-0.3, -0.25) is 9.63 Å². The van der Waals surface area contributed by atoms with Gasteiger partial charge in [-0.2, -0.15) is 0 Å². The molecule has 1 rings (SSSR count). The van der Waals surface area contributed by atoms with Crippen LogP contribution in [0, 0.1) is 5.82 Å². The van der Waals surface area contributed by atoms with E-state index in [9.17, 15) is 9.18 Å². The molecule has 0 saturated heterocycles. The Bertz CT molecular complexity index is 477. The molecule has 6 heteroatoms. The molecule has 0 spiro atoms. The number of carbonyl (C=O) groups excluding carboxylic acids is 1. The van der Waals surface area contributed by atoms with E-state index in [-0.39, 0.29) is 10.9 Å². The molecule has 1 aromatic carbocycles. The van der Waals surface area contributed by atoms with Gasteiger partial charge < -0.3 is 4.74 Å². The molecule has 1 amide bonds. The van der Waals surface area contributed by atoms with Crippen LogP contribution in [0.5, 0.6) is 5.75 Å². The van der Waals surface area contributed by atoms with E-state index in [1.807, 2.05) is 0 Å². The van der Waals surface area contributed by atoms with Crippen LogP contribution in [0.25, 0.3) is 6.08 Å². The van der Waals surface area contributed by atoms with Crippen LogP contribution in [0.3, 0.4) is 0 Å². The monoisotopic (exact) mass is 273 g/mol. The number of amides is 1. The summed E-state index contributed by atoms with van der Waals surface area (Å²) < 4.78 is 18.2. The first-order valence-electron chi connectivity index (χ1n) is 5.02. The highest BCUT2D eigenvalue weighted by Crippen LogP contribution is 2.26. The van der Waals surface area contributed by atoms with Gasteiger partial charge in [0.1, 0.15) is 11.6 Å². The molecule has 0 fully saturated rings. The minimum Gasteiger partial charge on any atom is -0.496 e. The van der Waals surface area contributed by atoms with Gasteiger partial charge in [0.15, 0.2) is 0 Å². The molecule has 0 atom stereocenters. The van der Waals surface area contributed by atoms with Crippen molar-refractivity contribution >= 4 is 23.6 Å². The third kappa shape index (κ3) is 3.45. The number of ether oxygens (including phenoxy) is 1. The molecule has 0 unspecified atom stereocenters. The Balaban J connectivity index is 3.00. The van der Waals surface area contributed by atoms with E-state index in [0.717, 1.165) is 11.1 Å². The summed E-state index contributed by atoms with van der Waals surface area (Å²) >= 11 is 5.66. The van der Waals surface area contributed by atoms with Crippen molar-refractivity contribution in [3.8, 4) is 5.75 Å². The zero-order chi connectivity index (χ0) is 13.7. The van der Waals surface area contributed by atoms with Gasteiger partial charge >= 0.3 is 0 Å². The van der Waals surface area contributed by atoms with Crippen molar-refractivity contribution in [2.24, 2.45) is 0 Å². The van der Waals surface area contributed by atoms with Gasteiger partial charge in [-0.05, 0) is 12.1 Å². The second kappa shape index (κ2) is 6.37. The van der Waals surface area contributed by atoms with E-state index in [2.05, 4.69) is 0 Å². The van der Waals surface area contributed by atoms with Gasteiger partial charge in [0.25, 0.3) is 5.91 Å². The summed E-state index contributed by atoms with van der Waals surface area (Å²) in [6.45, 7) is 0. The fourth-order valence-corrected chi connectivity index (χ4v) is 1.38. The maximum absolute atomic E-state index is 13.2. The molecule has 0 aliphatic heterocycles. The molecular formula is C12H13ClFNO3. The molecule has 0 heterocycles. The molecule has 0 aliphatic carbocycles. The number of hydroxylamine groups is 2. The number of methoxy groups -OCH3 is 1. The van der Waals surface area contributed by atoms with Gasteiger partial charge in [0.05, 0.1) is 19.2 Å². The molecule has 0 bridgehead atoms. The zero-order valence-corrected chi connectivity index (χ0v) is 11.0. The van der Waals surface area contributed by atoms with E-state index in [1.54, 1.807) is 0 Å². The number of nitrogens with zero attached hydrogens (tertiary/aromatic N) is 1. The number of halogens is 2. The molecule has 18 heavy (non-hydrogen) atoms. The summed E-state index contributed by atoms with van der Waals surface area (Å²) in [5.74, 6) is -0.646. The highest BCUT2D eigenvalue weighted by Gasteiger charge is 2.08. The Morgan fingerprint density at radius 3 is 2.67 bits per heavy atom. The Morgan fingerprint density at radius 1 is 1.44 bits per heavy atom. The summed E-state index contributed by atoms with van der Waals surface area (Å²) in [4.78, 5) is 16.2. The average molecular weight is 274 g/mol. The quantitative estimate of drug-likeness (QED) is 0.625. The van der Waals surface area contributed by atoms with Crippen molar-refractivity contribution in [2.45, 2.75) is 0 Å². The lowest BCUT2D eigenvalue weighted by atomic mass is 10.2. The number of benzene rings is 1. The van der Waals surface area contributed by atoms with Crippen molar-refractivity contribution in [1.82, 2.24) is 5.06 Å². The first kappa shape index (κ1) is 14.5. The molecule has 0 N–H and O–H groups in total. The van der Waals surface area contributed by atoms with E-state index in [1.165, 1.54) is 39.5 Å². The first-order chi connectivity index (χ1) is 8.49. The lowest BCUT2D eigenvalue weighted by Gasteiger charge is -2.10. The summed E-state index contributed by atoms with van der Waals surface area (Å²) in [6, 6.07) is 2.54. The number of rotatable bonds is 4. The molecule has 0 aliphatic rings. The van der Waals surface area contributed by atoms with Gasteiger partial charge in [0.2, 0.25) is 0 Å². The molecule has 0 radical (unpaired) electrons. The van der Waals surface area contributed by atoms with Gasteiger partial charge in [-0.25, -0.2) is 9.45 Å². The summed E-state index contributed by atoms with van der Waals surface area (Å²) in [6.07, 6.45) is 2.75. The standard InChI is InChI=1S/C12H13ClFNO3/c1-15(18-3)12(16)5-4-8-6-9(13)10(14)7-11(8)17-2/h4-7H,1-3H3. The van der Waals surface area contributed by atoms with Crippen LogP contribution in [0.2, 0.25) is 5.02 Å². The van der Waals surface area contributed by atoms with Crippen molar-refractivity contribution in [2.75, 3.05) is 21.3 Å². The second-order valence-corrected chi connectivity index (χ2v) is 3.77. The number of likely N-dealkylation sites (N-methyl/N-ethyl adjacent to an activating group) is 1. The fourth-order valence-electron chi connectivity index (χ4n) is 1.21. The SMILES string of the molecule is COc1cc(F)c(Cl)cc1C=CC(=O)N(C)OC. The van der Waals surface area contributed by atoms with Crippen LogP contribution in [-0.2, 0) is 9.63 Å². The van der Waals surface area contributed by atoms with Gasteiger partial charge in [-0.1, -0.05) is 11.6 Å². The third-order valence-electron chi connectivity index (χ3n) is 2.26. The summed E-state index contributed by atoms with van der Waals surface area (Å²) in [7, 11) is 4.26. The molecular weight excluding hydrogens is 261 g/mol. The topological polar surface area (TPSA) is 38.8 Å². The van der Waals surface area contributed by atoms with E-state index < -0.39 is 5.82 Å². The van der Waals surface area contributed by atoms with Crippen LogP contribution in [0.4, 0.5) is 4.39 Å². The highest BCUT2D eigenvalue weighted by atomic mass is 35.5. The highest BCUT2D eigenvalue weighted by molar-refractivity contribution is 6.31. The Morgan fingerprint density at radius 2 is 2.11 bits per heavy atom. The first-order valence-corrected chi connectivity index (χ1v) is 5.40. The molecule has 1 aromatic rings. The molecule has 0 aromatic heterocycles. The number of hydrogen-bond donors (Lipinski definition) is 0. The minimum atomic E-state index is -0.578. The van der Waals surface area contributed by atoms with E-state index in [0.29, 0.717) is 11.3 Å². The minimum absolute atomic E-state index is 0.0389. The number of hydrogen-bond acceptors (Lipinski definition) is 3. The van der Waals surface area contributed by atoms with Crippen molar-refractivity contribution in [3.63, 3.8) is 0 Å².